The van der Waals surface area contributed by atoms with Crippen molar-refractivity contribution in [1.29, 1.82) is 0 Å². The molecule has 0 bridgehead atoms. The van der Waals surface area contributed by atoms with Crippen LogP contribution in [0, 0.1) is 0 Å². The van der Waals surface area contributed by atoms with Crippen molar-refractivity contribution in [1.82, 2.24) is 15.1 Å². The molecule has 4 rings (SSSR count). The van der Waals surface area contributed by atoms with E-state index in [1.807, 2.05) is 11.0 Å². The average Bonchev–Trinajstić information content (AvgIpc) is 3.12. The first-order valence-electron chi connectivity index (χ1n) is 6.95. The number of amides is 1. The number of fused-ring (bicyclic) bond motifs is 2. The van der Waals surface area contributed by atoms with E-state index in [-0.39, 0.29) is 5.91 Å². The highest BCUT2D eigenvalue weighted by Gasteiger charge is 2.29. The number of carbonyl (C=O) groups is 1. The van der Waals surface area contributed by atoms with Gasteiger partial charge < -0.3 is 14.6 Å². The summed E-state index contributed by atoms with van der Waals surface area (Å²) < 4.78 is 5.16. The highest BCUT2D eigenvalue weighted by Crippen LogP contribution is 2.19. The number of rotatable bonds is 1. The molecule has 1 aromatic heterocycles. The zero-order valence-corrected chi connectivity index (χ0v) is 11.4. The molecule has 0 unspecified atom stereocenters. The molecule has 7 heteroatoms. The van der Waals surface area contributed by atoms with Crippen LogP contribution in [-0.2, 0) is 24.2 Å². The van der Waals surface area contributed by atoms with Crippen molar-refractivity contribution in [2.75, 3.05) is 6.54 Å². The van der Waals surface area contributed by atoms with Gasteiger partial charge in [0, 0.05) is 36.3 Å². The number of H-pyrrole nitrogens is 1. The van der Waals surface area contributed by atoms with Gasteiger partial charge in [0.15, 0.2) is 0 Å². The molecule has 1 aromatic carbocycles. The second-order valence-electron chi connectivity index (χ2n) is 5.43. The van der Waals surface area contributed by atoms with E-state index in [9.17, 15) is 9.82 Å². The number of benzene rings is 1. The third kappa shape index (κ3) is 2.05. The van der Waals surface area contributed by atoms with Gasteiger partial charge in [0.1, 0.15) is 0 Å². The van der Waals surface area contributed by atoms with Crippen LogP contribution in [-0.4, -0.2) is 39.7 Å². The Hall–Kier alpha value is -2.12. The van der Waals surface area contributed by atoms with Crippen LogP contribution in [0.2, 0.25) is 0 Å². The lowest BCUT2D eigenvalue weighted by molar-refractivity contribution is 0.0734. The zero-order valence-electron chi connectivity index (χ0n) is 11.4. The Morgan fingerprint density at radius 1 is 1.43 bits per heavy atom. The molecular weight excluding hydrogens is 269 g/mol. The van der Waals surface area contributed by atoms with E-state index < -0.39 is 7.12 Å². The second-order valence-corrected chi connectivity index (χ2v) is 5.43. The molecule has 3 heterocycles. The maximum absolute atomic E-state index is 12.6. The molecule has 2 aromatic rings. The van der Waals surface area contributed by atoms with Crippen LogP contribution in [0.4, 0.5) is 0 Å². The lowest BCUT2D eigenvalue weighted by Gasteiger charge is -2.26. The Balaban J connectivity index is 1.59. The first kappa shape index (κ1) is 12.6. The lowest BCUT2D eigenvalue weighted by Crippen LogP contribution is -2.36. The van der Waals surface area contributed by atoms with Gasteiger partial charge in [-0.05, 0) is 23.2 Å². The standard InChI is InChI=1S/C14H14BN3O3/c19-14(18-4-3-13-11(7-18)6-16-17-13)9-1-2-12-10(5-9)8-21-15(12)20/h1-2,5-6,20H,3-4,7-8H2,(H,16,17). The quantitative estimate of drug-likeness (QED) is 0.712. The first-order chi connectivity index (χ1) is 10.2. The number of nitrogens with one attached hydrogen (secondary N) is 1. The van der Waals surface area contributed by atoms with Crippen LogP contribution < -0.4 is 5.46 Å². The maximum Gasteiger partial charge on any atom is 0.491 e. The summed E-state index contributed by atoms with van der Waals surface area (Å²) in [6.07, 6.45) is 2.58. The number of nitrogens with zero attached hydrogens (tertiary/aromatic N) is 2. The molecule has 1 amide bonds. The van der Waals surface area contributed by atoms with Crippen molar-refractivity contribution in [3.8, 4) is 0 Å². The minimum absolute atomic E-state index is 0.00559. The second kappa shape index (κ2) is 4.72. The van der Waals surface area contributed by atoms with E-state index in [0.717, 1.165) is 28.7 Å². The summed E-state index contributed by atoms with van der Waals surface area (Å²) in [5.41, 5.74) is 4.47. The van der Waals surface area contributed by atoms with Gasteiger partial charge in [0.05, 0.1) is 12.8 Å². The highest BCUT2D eigenvalue weighted by molar-refractivity contribution is 6.61. The van der Waals surface area contributed by atoms with E-state index in [1.54, 1.807) is 18.3 Å². The summed E-state index contributed by atoms with van der Waals surface area (Å²) in [6, 6.07) is 5.34. The van der Waals surface area contributed by atoms with Gasteiger partial charge in [0.25, 0.3) is 5.91 Å². The molecule has 0 saturated carbocycles. The smallest absolute Gasteiger partial charge is 0.423 e. The van der Waals surface area contributed by atoms with Gasteiger partial charge in [-0.2, -0.15) is 5.10 Å². The first-order valence-corrected chi connectivity index (χ1v) is 6.95. The van der Waals surface area contributed by atoms with E-state index in [4.69, 9.17) is 4.65 Å². The Labute approximate surface area is 121 Å². The van der Waals surface area contributed by atoms with Gasteiger partial charge in [-0.1, -0.05) is 6.07 Å². The van der Waals surface area contributed by atoms with Crippen LogP contribution in [0.1, 0.15) is 27.2 Å². The van der Waals surface area contributed by atoms with E-state index in [2.05, 4.69) is 10.2 Å². The van der Waals surface area contributed by atoms with Gasteiger partial charge in [-0.25, -0.2) is 0 Å². The van der Waals surface area contributed by atoms with Gasteiger partial charge in [-0.3, -0.25) is 9.89 Å². The third-order valence-electron chi connectivity index (χ3n) is 4.14. The van der Waals surface area contributed by atoms with Gasteiger partial charge in [0.2, 0.25) is 0 Å². The Morgan fingerprint density at radius 2 is 2.33 bits per heavy atom. The number of aromatic nitrogens is 2. The van der Waals surface area contributed by atoms with Gasteiger partial charge >= 0.3 is 7.12 Å². The zero-order chi connectivity index (χ0) is 14.4. The van der Waals surface area contributed by atoms with Crippen molar-refractivity contribution >= 4 is 18.5 Å². The highest BCUT2D eigenvalue weighted by atomic mass is 16.5. The monoisotopic (exact) mass is 283 g/mol. The van der Waals surface area contributed by atoms with E-state index >= 15 is 0 Å². The minimum atomic E-state index is -0.868. The Morgan fingerprint density at radius 3 is 3.24 bits per heavy atom. The van der Waals surface area contributed by atoms with Crippen molar-refractivity contribution < 1.29 is 14.5 Å². The molecule has 21 heavy (non-hydrogen) atoms. The average molecular weight is 283 g/mol. The largest absolute Gasteiger partial charge is 0.491 e. The summed E-state index contributed by atoms with van der Waals surface area (Å²) in [5, 5.41) is 16.6. The summed E-state index contributed by atoms with van der Waals surface area (Å²) in [4.78, 5) is 14.4. The fraction of sp³-hybridized carbons (Fsp3) is 0.286. The maximum atomic E-state index is 12.6. The van der Waals surface area contributed by atoms with Crippen molar-refractivity contribution in [2.24, 2.45) is 0 Å². The number of hydrogen-bond acceptors (Lipinski definition) is 4. The molecule has 106 valence electrons. The number of hydrogen-bond donors (Lipinski definition) is 2. The summed E-state index contributed by atoms with van der Waals surface area (Å²) in [5.74, 6) is 0.00559. The lowest BCUT2D eigenvalue weighted by atomic mass is 9.79. The number of carbonyl (C=O) groups excluding carboxylic acids is 1. The fourth-order valence-electron chi connectivity index (χ4n) is 2.94. The molecule has 2 aliphatic rings. The normalized spacial score (nSPS) is 16.8. The Kier molecular flexibility index (Phi) is 2.83. The molecule has 0 radical (unpaired) electrons. The molecule has 0 aliphatic carbocycles. The van der Waals surface area contributed by atoms with Gasteiger partial charge in [-0.15, -0.1) is 0 Å². The molecule has 0 spiro atoms. The molecule has 6 nitrogen and oxygen atoms in total. The topological polar surface area (TPSA) is 78.5 Å². The van der Waals surface area contributed by atoms with Crippen molar-refractivity contribution in [3.63, 3.8) is 0 Å². The predicted octanol–water partition coefficient (Wildman–Crippen LogP) is -0.174. The Bertz CT molecular complexity index is 715. The van der Waals surface area contributed by atoms with Crippen LogP contribution in [0.3, 0.4) is 0 Å². The summed E-state index contributed by atoms with van der Waals surface area (Å²) >= 11 is 0. The van der Waals surface area contributed by atoms with Crippen LogP contribution in [0.5, 0.6) is 0 Å². The summed E-state index contributed by atoms with van der Waals surface area (Å²) in [6.45, 7) is 1.62. The molecule has 0 fully saturated rings. The van der Waals surface area contributed by atoms with E-state index in [1.165, 1.54) is 0 Å². The van der Waals surface area contributed by atoms with Crippen LogP contribution in [0.25, 0.3) is 0 Å². The fourth-order valence-corrected chi connectivity index (χ4v) is 2.94. The van der Waals surface area contributed by atoms with Crippen molar-refractivity contribution in [3.05, 3.63) is 46.8 Å². The number of aromatic amines is 1. The SMILES string of the molecule is O=C(c1ccc2c(c1)COB2O)N1CCc2[nH]ncc2C1. The molecule has 0 saturated heterocycles. The molecule has 2 aliphatic heterocycles. The molecule has 0 atom stereocenters. The van der Waals surface area contributed by atoms with Crippen molar-refractivity contribution in [2.45, 2.75) is 19.6 Å². The minimum Gasteiger partial charge on any atom is -0.423 e. The molecular formula is C14H14BN3O3. The predicted molar refractivity (Wildman–Crippen MR) is 75.9 cm³/mol. The van der Waals surface area contributed by atoms with Crippen LogP contribution in [0.15, 0.2) is 24.4 Å². The summed E-state index contributed by atoms with van der Waals surface area (Å²) in [7, 11) is -0.868. The third-order valence-corrected chi connectivity index (χ3v) is 4.14. The molecule has 2 N–H and O–H groups in total. The van der Waals surface area contributed by atoms with Crippen LogP contribution >= 0.6 is 0 Å². The van der Waals surface area contributed by atoms with E-state index in [0.29, 0.717) is 25.3 Å².